The van der Waals surface area contributed by atoms with E-state index in [1.807, 2.05) is 25.1 Å². The molecule has 0 aliphatic rings. The standard InChI is InChI=1S/C20H13ClN4O/c1-12-19(15-4-2-3-5-16(15)21)24-25-18(26)10-17(23-20(12)25)14-8-6-13(11-22)7-9-14/h2-10,24H,1H3. The molecule has 0 atom stereocenters. The number of H-pyrrole nitrogens is 1. The molecule has 0 amide bonds. The van der Waals surface area contributed by atoms with Crippen LogP contribution in [0.15, 0.2) is 59.4 Å². The molecule has 126 valence electrons. The molecule has 0 fully saturated rings. The highest BCUT2D eigenvalue weighted by atomic mass is 35.5. The first-order valence-corrected chi connectivity index (χ1v) is 8.34. The van der Waals surface area contributed by atoms with E-state index >= 15 is 0 Å². The van der Waals surface area contributed by atoms with E-state index in [1.165, 1.54) is 10.6 Å². The Morgan fingerprint density at radius 3 is 2.58 bits per heavy atom. The Labute approximate surface area is 154 Å². The Bertz CT molecular complexity index is 1230. The third kappa shape index (κ3) is 2.57. The van der Waals surface area contributed by atoms with Gasteiger partial charge in [0.05, 0.1) is 23.0 Å². The number of nitrogens with one attached hydrogen (secondary N) is 1. The molecule has 0 aliphatic carbocycles. The van der Waals surface area contributed by atoms with Crippen LogP contribution in [-0.4, -0.2) is 14.6 Å². The zero-order valence-electron chi connectivity index (χ0n) is 13.8. The predicted octanol–water partition coefficient (Wildman–Crippen LogP) is 4.19. The largest absolute Gasteiger partial charge is 0.289 e. The molecule has 4 aromatic rings. The Morgan fingerprint density at radius 2 is 1.88 bits per heavy atom. The predicted molar refractivity (Wildman–Crippen MR) is 101 cm³/mol. The van der Waals surface area contributed by atoms with Gasteiger partial charge in [-0.2, -0.15) is 5.26 Å². The Kier molecular flexibility index (Phi) is 3.83. The van der Waals surface area contributed by atoms with Crippen molar-refractivity contribution in [1.29, 1.82) is 5.26 Å². The summed E-state index contributed by atoms with van der Waals surface area (Å²) in [5, 5.41) is 12.6. The van der Waals surface area contributed by atoms with Gasteiger partial charge in [0.15, 0.2) is 5.65 Å². The summed E-state index contributed by atoms with van der Waals surface area (Å²) in [5.41, 5.74) is 4.66. The maximum absolute atomic E-state index is 12.6. The lowest BCUT2D eigenvalue weighted by molar-refractivity contribution is 0.904. The van der Waals surface area contributed by atoms with Crippen LogP contribution in [0, 0.1) is 18.3 Å². The first kappa shape index (κ1) is 16.1. The lowest BCUT2D eigenvalue weighted by Crippen LogP contribution is -2.14. The minimum Gasteiger partial charge on any atom is -0.289 e. The van der Waals surface area contributed by atoms with Crippen LogP contribution < -0.4 is 5.56 Å². The summed E-state index contributed by atoms with van der Waals surface area (Å²) in [6.07, 6.45) is 0. The van der Waals surface area contributed by atoms with Crippen molar-refractivity contribution in [2.24, 2.45) is 0 Å². The fourth-order valence-electron chi connectivity index (χ4n) is 2.94. The van der Waals surface area contributed by atoms with E-state index in [2.05, 4.69) is 16.2 Å². The molecule has 0 saturated heterocycles. The van der Waals surface area contributed by atoms with Crippen molar-refractivity contribution < 1.29 is 0 Å². The smallest absolute Gasteiger partial charge is 0.273 e. The van der Waals surface area contributed by atoms with Crippen molar-refractivity contribution in [3.8, 4) is 28.6 Å². The van der Waals surface area contributed by atoms with Crippen molar-refractivity contribution in [2.75, 3.05) is 0 Å². The molecule has 0 saturated carbocycles. The highest BCUT2D eigenvalue weighted by Gasteiger charge is 2.15. The number of rotatable bonds is 2. The van der Waals surface area contributed by atoms with Crippen molar-refractivity contribution in [1.82, 2.24) is 14.6 Å². The summed E-state index contributed by atoms with van der Waals surface area (Å²) < 4.78 is 1.42. The van der Waals surface area contributed by atoms with Gasteiger partial charge >= 0.3 is 0 Å². The summed E-state index contributed by atoms with van der Waals surface area (Å²) in [4.78, 5) is 17.2. The fourth-order valence-corrected chi connectivity index (χ4v) is 3.17. The van der Waals surface area contributed by atoms with Crippen LogP contribution in [0.3, 0.4) is 0 Å². The average Bonchev–Trinajstić information content (AvgIpc) is 2.99. The lowest BCUT2D eigenvalue weighted by Gasteiger charge is -2.02. The van der Waals surface area contributed by atoms with E-state index in [4.69, 9.17) is 16.9 Å². The Morgan fingerprint density at radius 1 is 1.15 bits per heavy atom. The fraction of sp³-hybridized carbons (Fsp3) is 0.0500. The van der Waals surface area contributed by atoms with Crippen LogP contribution >= 0.6 is 11.6 Å². The Hall–Kier alpha value is -3.36. The van der Waals surface area contributed by atoms with Gasteiger partial charge in [-0.25, -0.2) is 9.50 Å². The van der Waals surface area contributed by atoms with Gasteiger partial charge in [-0.3, -0.25) is 9.89 Å². The van der Waals surface area contributed by atoms with Gasteiger partial charge in [0.25, 0.3) is 5.56 Å². The van der Waals surface area contributed by atoms with E-state index < -0.39 is 0 Å². The van der Waals surface area contributed by atoms with Crippen molar-refractivity contribution in [3.63, 3.8) is 0 Å². The molecule has 0 bridgehead atoms. The van der Waals surface area contributed by atoms with E-state index in [1.54, 1.807) is 30.3 Å². The zero-order valence-corrected chi connectivity index (χ0v) is 14.6. The summed E-state index contributed by atoms with van der Waals surface area (Å²) in [5.74, 6) is 0. The van der Waals surface area contributed by atoms with E-state index in [9.17, 15) is 4.79 Å². The highest BCUT2D eigenvalue weighted by Crippen LogP contribution is 2.30. The Balaban J connectivity index is 1.92. The van der Waals surface area contributed by atoms with Gasteiger partial charge < -0.3 is 0 Å². The number of aromatic amines is 1. The molecule has 2 aromatic carbocycles. The van der Waals surface area contributed by atoms with Crippen LogP contribution in [0.2, 0.25) is 5.02 Å². The van der Waals surface area contributed by atoms with E-state index in [-0.39, 0.29) is 5.56 Å². The molecular weight excluding hydrogens is 348 g/mol. The normalized spacial score (nSPS) is 10.8. The van der Waals surface area contributed by atoms with Gasteiger partial charge in [-0.1, -0.05) is 41.9 Å². The van der Waals surface area contributed by atoms with Gasteiger partial charge in [0.1, 0.15) is 0 Å². The average molecular weight is 361 g/mol. The molecule has 26 heavy (non-hydrogen) atoms. The van der Waals surface area contributed by atoms with Crippen molar-refractivity contribution >= 4 is 17.2 Å². The maximum atomic E-state index is 12.6. The molecule has 2 heterocycles. The monoisotopic (exact) mass is 360 g/mol. The van der Waals surface area contributed by atoms with E-state index in [0.29, 0.717) is 21.9 Å². The van der Waals surface area contributed by atoms with Crippen molar-refractivity contribution in [2.45, 2.75) is 6.92 Å². The lowest BCUT2D eigenvalue weighted by atomic mass is 10.1. The number of benzene rings is 2. The minimum atomic E-state index is -0.212. The maximum Gasteiger partial charge on any atom is 0.273 e. The number of aryl methyl sites for hydroxylation is 1. The quantitative estimate of drug-likeness (QED) is 0.582. The third-order valence-electron chi connectivity index (χ3n) is 4.31. The molecule has 0 aliphatic heterocycles. The van der Waals surface area contributed by atoms with Crippen LogP contribution in [0.1, 0.15) is 11.1 Å². The van der Waals surface area contributed by atoms with Crippen LogP contribution in [0.25, 0.3) is 28.2 Å². The first-order chi connectivity index (χ1) is 12.6. The number of hydrogen-bond donors (Lipinski definition) is 1. The van der Waals surface area contributed by atoms with Crippen LogP contribution in [0.4, 0.5) is 0 Å². The number of nitriles is 1. The molecule has 6 heteroatoms. The molecule has 0 radical (unpaired) electrons. The molecular formula is C20H13ClN4O. The highest BCUT2D eigenvalue weighted by molar-refractivity contribution is 6.33. The summed E-state index contributed by atoms with van der Waals surface area (Å²) >= 11 is 6.30. The molecule has 1 N–H and O–H groups in total. The topological polar surface area (TPSA) is 73.9 Å². The zero-order chi connectivity index (χ0) is 18.3. The van der Waals surface area contributed by atoms with Gasteiger partial charge in [-0.15, -0.1) is 0 Å². The third-order valence-corrected chi connectivity index (χ3v) is 4.64. The van der Waals surface area contributed by atoms with E-state index in [0.717, 1.165) is 22.4 Å². The molecule has 0 spiro atoms. The number of hydrogen-bond acceptors (Lipinski definition) is 3. The minimum absolute atomic E-state index is 0.212. The second-order valence-corrected chi connectivity index (χ2v) is 6.33. The second kappa shape index (κ2) is 6.17. The number of halogens is 1. The number of nitrogens with zero attached hydrogens (tertiary/aromatic N) is 3. The summed E-state index contributed by atoms with van der Waals surface area (Å²) in [6, 6.07) is 18.0. The molecule has 2 aromatic heterocycles. The summed E-state index contributed by atoms with van der Waals surface area (Å²) in [6.45, 7) is 1.90. The van der Waals surface area contributed by atoms with Crippen LogP contribution in [-0.2, 0) is 0 Å². The number of fused-ring (bicyclic) bond motifs is 1. The van der Waals surface area contributed by atoms with Gasteiger partial charge in [0, 0.05) is 27.8 Å². The first-order valence-electron chi connectivity index (χ1n) is 7.96. The van der Waals surface area contributed by atoms with Crippen LogP contribution in [0.5, 0.6) is 0 Å². The van der Waals surface area contributed by atoms with Gasteiger partial charge in [0.2, 0.25) is 0 Å². The number of aromatic nitrogens is 3. The SMILES string of the molecule is Cc1c(-c2ccccc2Cl)[nH]n2c(=O)cc(-c3ccc(C#N)cc3)nc12. The molecule has 0 unspecified atom stereocenters. The summed E-state index contributed by atoms with van der Waals surface area (Å²) in [7, 11) is 0. The molecule has 5 nitrogen and oxygen atoms in total. The second-order valence-electron chi connectivity index (χ2n) is 5.92. The molecule has 4 rings (SSSR count). The van der Waals surface area contributed by atoms with Crippen molar-refractivity contribution in [3.05, 3.63) is 81.1 Å². The van der Waals surface area contributed by atoms with Gasteiger partial charge in [-0.05, 0) is 25.1 Å².